The van der Waals surface area contributed by atoms with Gasteiger partial charge in [0.2, 0.25) is 0 Å². The van der Waals surface area contributed by atoms with Gasteiger partial charge in [0.25, 0.3) is 11.8 Å². The molecular formula is C18H15N3O3. The Morgan fingerprint density at radius 3 is 2.62 bits per heavy atom. The summed E-state index contributed by atoms with van der Waals surface area (Å²) in [6.45, 7) is -0.0389. The van der Waals surface area contributed by atoms with Crippen LogP contribution in [0.4, 0.5) is 0 Å². The second-order valence-electron chi connectivity index (χ2n) is 6.25. The van der Waals surface area contributed by atoms with Crippen molar-refractivity contribution in [3.63, 3.8) is 0 Å². The number of carbonyl (C=O) groups is 2. The number of hydrogen-bond donors (Lipinski definition) is 0. The van der Waals surface area contributed by atoms with Gasteiger partial charge in [-0.1, -0.05) is 24.3 Å². The maximum Gasteiger partial charge on any atom is 0.254 e. The number of carbonyl (C=O) groups excluding carboxylic acids is 2. The average Bonchev–Trinajstić information content (AvgIpc) is 3.26. The third kappa shape index (κ3) is 2.21. The molecule has 1 saturated carbocycles. The molecule has 6 nitrogen and oxygen atoms in total. The number of fused-ring (bicyclic) bond motifs is 5. The molecule has 0 spiro atoms. The average molecular weight is 321 g/mol. The molecule has 0 aromatic heterocycles. The fourth-order valence-electron chi connectivity index (χ4n) is 3.93. The molecule has 6 heteroatoms. The molecule has 1 aromatic carbocycles. The lowest BCUT2D eigenvalue weighted by Gasteiger charge is -2.13. The van der Waals surface area contributed by atoms with Crippen LogP contribution in [0, 0.1) is 35.0 Å². The smallest absolute Gasteiger partial charge is 0.254 e. The second-order valence-corrected chi connectivity index (χ2v) is 6.25. The molecule has 2 bridgehead atoms. The van der Waals surface area contributed by atoms with Crippen molar-refractivity contribution in [3.8, 4) is 11.8 Å². The topological polar surface area (TPSA) is 82.8 Å². The van der Waals surface area contributed by atoms with Gasteiger partial charge in [-0.05, 0) is 36.0 Å². The van der Waals surface area contributed by atoms with E-state index in [9.17, 15) is 9.59 Å². The predicted molar refractivity (Wildman–Crippen MR) is 84.7 cm³/mol. The lowest BCUT2D eigenvalue weighted by Crippen LogP contribution is -2.28. The Bertz CT molecular complexity index is 778. The summed E-state index contributed by atoms with van der Waals surface area (Å²) in [5.74, 6) is 0.0206. The molecule has 1 heterocycles. The van der Waals surface area contributed by atoms with E-state index in [1.54, 1.807) is 24.3 Å². The Hall–Kier alpha value is -2.94. The first-order valence-electron chi connectivity index (χ1n) is 7.89. The number of nitrogens with zero attached hydrogens (tertiary/aromatic N) is 3. The summed E-state index contributed by atoms with van der Waals surface area (Å²) in [7, 11) is 0. The van der Waals surface area contributed by atoms with Gasteiger partial charge in [0, 0.05) is 0 Å². The number of amides is 2. The van der Waals surface area contributed by atoms with Crippen LogP contribution >= 0.6 is 0 Å². The van der Waals surface area contributed by atoms with Crippen LogP contribution in [0.25, 0.3) is 0 Å². The highest BCUT2D eigenvalue weighted by atomic mass is 16.5. The summed E-state index contributed by atoms with van der Waals surface area (Å²) in [5, 5.41) is 13.7. The van der Waals surface area contributed by atoms with E-state index < -0.39 is 0 Å². The van der Waals surface area contributed by atoms with Gasteiger partial charge < -0.3 is 4.74 Å². The molecule has 1 aliphatic heterocycles. The maximum atomic E-state index is 12.5. The van der Waals surface area contributed by atoms with Crippen LogP contribution in [0.2, 0.25) is 0 Å². The third-order valence-electron chi connectivity index (χ3n) is 4.93. The molecule has 2 fully saturated rings. The van der Waals surface area contributed by atoms with E-state index in [-0.39, 0.29) is 42.1 Å². The molecular weight excluding hydrogens is 306 g/mol. The van der Waals surface area contributed by atoms with Gasteiger partial charge in [-0.25, -0.2) is 0 Å². The lowest BCUT2D eigenvalue weighted by molar-refractivity contribution is -0.140. The number of rotatable bonds is 4. The maximum absolute atomic E-state index is 12.5. The van der Waals surface area contributed by atoms with Crippen molar-refractivity contribution in [2.45, 2.75) is 6.42 Å². The Labute approximate surface area is 139 Å². The van der Waals surface area contributed by atoms with Crippen LogP contribution in [-0.4, -0.2) is 29.6 Å². The molecule has 2 aliphatic carbocycles. The van der Waals surface area contributed by atoms with Crippen LogP contribution < -0.4 is 4.74 Å². The molecule has 3 aliphatic rings. The Morgan fingerprint density at radius 2 is 1.96 bits per heavy atom. The summed E-state index contributed by atoms with van der Waals surface area (Å²) < 4.78 is 5.23. The predicted octanol–water partition coefficient (Wildman–Crippen LogP) is 1.73. The van der Waals surface area contributed by atoms with E-state index >= 15 is 0 Å². The quantitative estimate of drug-likeness (QED) is 0.480. The number of hydrogen-bond acceptors (Lipinski definition) is 5. The first kappa shape index (κ1) is 14.6. The van der Waals surface area contributed by atoms with Crippen molar-refractivity contribution < 1.29 is 14.3 Å². The summed E-state index contributed by atoms with van der Waals surface area (Å²) in [5.41, 5.74) is 0.698. The van der Waals surface area contributed by atoms with E-state index in [0.29, 0.717) is 11.3 Å². The molecule has 2 amide bonds. The first-order chi connectivity index (χ1) is 11.7. The summed E-state index contributed by atoms with van der Waals surface area (Å²) in [6, 6.07) is 8.89. The second kappa shape index (κ2) is 5.60. The number of benzene rings is 1. The van der Waals surface area contributed by atoms with Crippen LogP contribution in [0.15, 0.2) is 41.5 Å². The zero-order valence-electron chi connectivity index (χ0n) is 12.8. The first-order valence-corrected chi connectivity index (χ1v) is 7.89. The van der Waals surface area contributed by atoms with Gasteiger partial charge in [-0.3, -0.25) is 9.59 Å². The Morgan fingerprint density at radius 1 is 1.25 bits per heavy atom. The fourth-order valence-corrected chi connectivity index (χ4v) is 3.93. The van der Waals surface area contributed by atoms with Crippen molar-refractivity contribution >= 4 is 18.0 Å². The molecule has 1 aromatic rings. The highest BCUT2D eigenvalue weighted by Gasteiger charge is 2.59. The molecule has 4 rings (SSSR count). The minimum Gasteiger partial charge on any atom is -0.479 e. The van der Waals surface area contributed by atoms with E-state index in [1.165, 1.54) is 6.21 Å². The number of nitriles is 1. The molecule has 24 heavy (non-hydrogen) atoms. The van der Waals surface area contributed by atoms with Gasteiger partial charge in [0.15, 0.2) is 6.61 Å². The number of imide groups is 1. The highest BCUT2D eigenvalue weighted by molar-refractivity contribution is 6.06. The van der Waals surface area contributed by atoms with Crippen molar-refractivity contribution in [2.24, 2.45) is 28.8 Å². The van der Waals surface area contributed by atoms with Crippen LogP contribution in [0.3, 0.4) is 0 Å². The van der Waals surface area contributed by atoms with E-state index in [2.05, 4.69) is 17.3 Å². The van der Waals surface area contributed by atoms with Crippen molar-refractivity contribution in [1.29, 1.82) is 5.26 Å². The number of allylic oxidation sites excluding steroid dienone is 2. The van der Waals surface area contributed by atoms with Crippen molar-refractivity contribution in [1.82, 2.24) is 5.01 Å². The Kier molecular flexibility index (Phi) is 3.42. The monoisotopic (exact) mass is 321 g/mol. The van der Waals surface area contributed by atoms with E-state index in [1.807, 2.05) is 6.07 Å². The standard InChI is InChI=1S/C18H15N3O3/c19-6-7-24-14-3-1-2-11(8-14)10-20-21-17(22)15-12-4-5-13(9-12)16(15)18(21)23/h1-5,8,10,12-13,15-16H,7,9H2. The fraction of sp³-hybridized carbons (Fsp3) is 0.333. The number of ether oxygens (including phenoxy) is 1. The molecule has 4 atom stereocenters. The summed E-state index contributed by atoms with van der Waals surface area (Å²) >= 11 is 0. The highest BCUT2D eigenvalue weighted by Crippen LogP contribution is 2.52. The molecule has 120 valence electrons. The summed E-state index contributed by atoms with van der Waals surface area (Å²) in [6.07, 6.45) is 6.49. The largest absolute Gasteiger partial charge is 0.479 e. The number of hydrazone groups is 1. The van der Waals surface area contributed by atoms with Crippen molar-refractivity contribution in [3.05, 3.63) is 42.0 Å². The van der Waals surface area contributed by atoms with Crippen LogP contribution in [0.1, 0.15) is 12.0 Å². The third-order valence-corrected chi connectivity index (χ3v) is 4.93. The van der Waals surface area contributed by atoms with Gasteiger partial charge in [0.1, 0.15) is 11.8 Å². The normalized spacial score (nSPS) is 30.2. The minimum absolute atomic E-state index is 0.0389. The van der Waals surface area contributed by atoms with E-state index in [0.717, 1.165) is 11.4 Å². The van der Waals surface area contributed by atoms with Crippen LogP contribution in [-0.2, 0) is 9.59 Å². The van der Waals surface area contributed by atoms with E-state index in [4.69, 9.17) is 10.00 Å². The van der Waals surface area contributed by atoms with Gasteiger partial charge >= 0.3 is 0 Å². The van der Waals surface area contributed by atoms with Gasteiger partial charge in [0.05, 0.1) is 18.1 Å². The molecule has 4 unspecified atom stereocenters. The Balaban J connectivity index is 1.52. The SMILES string of the molecule is N#CCOc1cccc(C=NN2C(=O)C3C4C=CC(C4)C3C2=O)c1. The van der Waals surface area contributed by atoms with Crippen molar-refractivity contribution in [2.75, 3.05) is 6.61 Å². The zero-order valence-corrected chi connectivity index (χ0v) is 12.8. The van der Waals surface area contributed by atoms with Gasteiger partial charge in [-0.2, -0.15) is 15.4 Å². The molecule has 0 radical (unpaired) electrons. The van der Waals surface area contributed by atoms with Crippen LogP contribution in [0.5, 0.6) is 5.75 Å². The molecule has 1 saturated heterocycles. The zero-order chi connectivity index (χ0) is 16.7. The molecule has 0 N–H and O–H groups in total. The summed E-state index contributed by atoms with van der Waals surface area (Å²) in [4.78, 5) is 25.0. The lowest BCUT2D eigenvalue weighted by atomic mass is 9.85. The van der Waals surface area contributed by atoms with Gasteiger partial charge in [-0.15, -0.1) is 0 Å². The minimum atomic E-state index is -0.241.